The van der Waals surface area contributed by atoms with E-state index in [1.807, 2.05) is 0 Å². The molecule has 0 saturated carbocycles. The third-order valence-corrected chi connectivity index (χ3v) is 5.43. The summed E-state index contributed by atoms with van der Waals surface area (Å²) < 4.78 is 36.3. The molecule has 2 rings (SSSR count). The van der Waals surface area contributed by atoms with E-state index < -0.39 is 10.0 Å². The van der Waals surface area contributed by atoms with Gasteiger partial charge in [-0.2, -0.15) is 0 Å². The van der Waals surface area contributed by atoms with E-state index in [-0.39, 0.29) is 11.0 Å². The van der Waals surface area contributed by atoms with E-state index in [9.17, 15) is 8.42 Å². The highest BCUT2D eigenvalue weighted by Gasteiger charge is 2.17. The fourth-order valence-corrected chi connectivity index (χ4v) is 3.21. The van der Waals surface area contributed by atoms with Crippen LogP contribution >= 0.6 is 0 Å². The Bertz CT molecular complexity index is 572. The molecule has 1 saturated heterocycles. The SMILES string of the molecule is CC1CN(CCOc2ccc(S(=O)(=O)N(C)C)cc2)CCO1. The topological polar surface area (TPSA) is 59.1 Å². The Balaban J connectivity index is 1.84. The van der Waals surface area contributed by atoms with Crippen LogP contribution in [-0.2, 0) is 14.8 Å². The molecule has 22 heavy (non-hydrogen) atoms. The molecule has 1 aliphatic rings. The fourth-order valence-electron chi connectivity index (χ4n) is 2.30. The van der Waals surface area contributed by atoms with E-state index in [2.05, 4.69) is 11.8 Å². The minimum atomic E-state index is -3.38. The minimum Gasteiger partial charge on any atom is -0.492 e. The Labute approximate surface area is 132 Å². The van der Waals surface area contributed by atoms with Gasteiger partial charge in [-0.15, -0.1) is 0 Å². The average Bonchev–Trinajstić information content (AvgIpc) is 2.48. The molecule has 1 atom stereocenters. The van der Waals surface area contributed by atoms with Crippen molar-refractivity contribution in [1.29, 1.82) is 0 Å². The van der Waals surface area contributed by atoms with Crippen molar-refractivity contribution in [3.05, 3.63) is 24.3 Å². The molecule has 0 aromatic heterocycles. The fraction of sp³-hybridized carbons (Fsp3) is 0.600. The van der Waals surface area contributed by atoms with Gasteiger partial charge >= 0.3 is 0 Å². The maximum Gasteiger partial charge on any atom is 0.242 e. The molecule has 1 aromatic carbocycles. The van der Waals surface area contributed by atoms with E-state index in [0.29, 0.717) is 12.4 Å². The Morgan fingerprint density at radius 2 is 2.00 bits per heavy atom. The number of hydrogen-bond acceptors (Lipinski definition) is 5. The summed E-state index contributed by atoms with van der Waals surface area (Å²) >= 11 is 0. The van der Waals surface area contributed by atoms with Gasteiger partial charge < -0.3 is 9.47 Å². The second-order valence-corrected chi connectivity index (χ2v) is 7.74. The van der Waals surface area contributed by atoms with Crippen LogP contribution in [0.5, 0.6) is 5.75 Å². The molecule has 6 nitrogen and oxygen atoms in total. The summed E-state index contributed by atoms with van der Waals surface area (Å²) in [6.07, 6.45) is 0.268. The molecule has 0 radical (unpaired) electrons. The molecule has 0 spiro atoms. The molecule has 1 aliphatic heterocycles. The van der Waals surface area contributed by atoms with Crippen molar-refractivity contribution in [2.24, 2.45) is 0 Å². The Morgan fingerprint density at radius 3 is 2.59 bits per heavy atom. The zero-order chi connectivity index (χ0) is 16.2. The molecule has 1 unspecified atom stereocenters. The van der Waals surface area contributed by atoms with Crippen LogP contribution < -0.4 is 4.74 Å². The van der Waals surface area contributed by atoms with Crippen LogP contribution in [0.3, 0.4) is 0 Å². The minimum absolute atomic E-state index is 0.268. The van der Waals surface area contributed by atoms with Gasteiger partial charge in [-0.25, -0.2) is 12.7 Å². The van der Waals surface area contributed by atoms with Crippen molar-refractivity contribution in [2.45, 2.75) is 17.9 Å². The predicted octanol–water partition coefficient (Wildman–Crippen LogP) is 1.04. The summed E-state index contributed by atoms with van der Waals surface area (Å²) in [7, 11) is -0.348. The average molecular weight is 328 g/mol. The number of hydrogen-bond donors (Lipinski definition) is 0. The first kappa shape index (κ1) is 17.2. The molecular weight excluding hydrogens is 304 g/mol. The zero-order valence-corrected chi connectivity index (χ0v) is 14.2. The van der Waals surface area contributed by atoms with Gasteiger partial charge in [0.15, 0.2) is 0 Å². The van der Waals surface area contributed by atoms with Gasteiger partial charge in [-0.3, -0.25) is 4.90 Å². The Morgan fingerprint density at radius 1 is 1.32 bits per heavy atom. The Kier molecular flexibility index (Phi) is 5.80. The predicted molar refractivity (Wildman–Crippen MR) is 84.7 cm³/mol. The zero-order valence-electron chi connectivity index (χ0n) is 13.4. The lowest BCUT2D eigenvalue weighted by Gasteiger charge is -2.30. The van der Waals surface area contributed by atoms with Gasteiger partial charge in [0.05, 0.1) is 17.6 Å². The number of sulfonamides is 1. The van der Waals surface area contributed by atoms with Crippen LogP contribution in [0.25, 0.3) is 0 Å². The second-order valence-electron chi connectivity index (χ2n) is 5.59. The van der Waals surface area contributed by atoms with Crippen molar-refractivity contribution in [3.8, 4) is 5.75 Å². The van der Waals surface area contributed by atoms with Gasteiger partial charge in [0.25, 0.3) is 0 Å². The molecule has 1 fully saturated rings. The summed E-state index contributed by atoms with van der Waals surface area (Å²) in [5.41, 5.74) is 0. The van der Waals surface area contributed by atoms with Crippen molar-refractivity contribution in [1.82, 2.24) is 9.21 Å². The van der Waals surface area contributed by atoms with Gasteiger partial charge in [0, 0.05) is 33.7 Å². The van der Waals surface area contributed by atoms with Gasteiger partial charge in [-0.1, -0.05) is 0 Å². The van der Waals surface area contributed by atoms with E-state index in [4.69, 9.17) is 9.47 Å². The van der Waals surface area contributed by atoms with Crippen molar-refractivity contribution >= 4 is 10.0 Å². The van der Waals surface area contributed by atoms with E-state index in [0.717, 1.165) is 26.2 Å². The van der Waals surface area contributed by atoms with Crippen LogP contribution in [0, 0.1) is 0 Å². The highest BCUT2D eigenvalue weighted by molar-refractivity contribution is 7.89. The molecule has 7 heteroatoms. The first-order valence-corrected chi connectivity index (χ1v) is 8.83. The van der Waals surface area contributed by atoms with E-state index in [1.54, 1.807) is 24.3 Å². The lowest BCUT2D eigenvalue weighted by atomic mass is 10.3. The Hall–Kier alpha value is -1.15. The standard InChI is InChI=1S/C15H24N2O4S/c1-13-12-17(8-10-20-13)9-11-21-14-4-6-15(7-5-14)22(18,19)16(2)3/h4-7,13H,8-12H2,1-3H3. The summed E-state index contributed by atoms with van der Waals surface area (Å²) in [5.74, 6) is 0.680. The summed E-state index contributed by atoms with van der Waals surface area (Å²) in [4.78, 5) is 2.57. The first-order chi connectivity index (χ1) is 10.4. The third-order valence-electron chi connectivity index (χ3n) is 3.60. The molecular formula is C15H24N2O4S. The quantitative estimate of drug-likeness (QED) is 0.781. The van der Waals surface area contributed by atoms with Crippen LogP contribution in [0.4, 0.5) is 0 Å². The van der Waals surface area contributed by atoms with Crippen LogP contribution in [0.1, 0.15) is 6.92 Å². The maximum absolute atomic E-state index is 12.0. The number of rotatable bonds is 6. The number of ether oxygens (including phenoxy) is 2. The third kappa shape index (κ3) is 4.42. The van der Waals surface area contributed by atoms with Crippen molar-refractivity contribution < 1.29 is 17.9 Å². The first-order valence-electron chi connectivity index (χ1n) is 7.39. The summed E-state index contributed by atoms with van der Waals surface area (Å²) in [5, 5.41) is 0. The van der Waals surface area contributed by atoms with Crippen molar-refractivity contribution in [2.75, 3.05) is 46.9 Å². The van der Waals surface area contributed by atoms with Gasteiger partial charge in [0.2, 0.25) is 10.0 Å². The number of morpholine rings is 1. The molecule has 1 aromatic rings. The molecule has 1 heterocycles. The second kappa shape index (κ2) is 7.41. The highest BCUT2D eigenvalue weighted by Crippen LogP contribution is 2.18. The van der Waals surface area contributed by atoms with E-state index in [1.165, 1.54) is 18.4 Å². The lowest BCUT2D eigenvalue weighted by Crippen LogP contribution is -2.42. The largest absolute Gasteiger partial charge is 0.492 e. The summed E-state index contributed by atoms with van der Waals surface area (Å²) in [6.45, 7) is 6.09. The smallest absolute Gasteiger partial charge is 0.242 e. The van der Waals surface area contributed by atoms with Gasteiger partial charge in [-0.05, 0) is 31.2 Å². The molecule has 0 amide bonds. The molecule has 124 valence electrons. The molecule has 0 aliphatic carbocycles. The van der Waals surface area contributed by atoms with Crippen molar-refractivity contribution in [3.63, 3.8) is 0 Å². The van der Waals surface area contributed by atoms with E-state index >= 15 is 0 Å². The number of nitrogens with zero attached hydrogens (tertiary/aromatic N) is 2. The highest BCUT2D eigenvalue weighted by atomic mass is 32.2. The monoisotopic (exact) mass is 328 g/mol. The van der Waals surface area contributed by atoms with Crippen LogP contribution in [0.15, 0.2) is 29.2 Å². The molecule has 0 N–H and O–H groups in total. The number of benzene rings is 1. The normalized spacial score (nSPS) is 20.3. The lowest BCUT2D eigenvalue weighted by molar-refractivity contribution is -0.0214. The van der Waals surface area contributed by atoms with Gasteiger partial charge in [0.1, 0.15) is 12.4 Å². The van der Waals surface area contributed by atoms with Crippen LogP contribution in [-0.4, -0.2) is 70.7 Å². The summed E-state index contributed by atoms with van der Waals surface area (Å²) in [6, 6.07) is 6.53. The molecule has 0 bridgehead atoms. The maximum atomic E-state index is 12.0. The van der Waals surface area contributed by atoms with Crippen LogP contribution in [0.2, 0.25) is 0 Å².